The van der Waals surface area contributed by atoms with Crippen molar-refractivity contribution in [3.05, 3.63) is 75.8 Å². The molecule has 0 heterocycles. The summed E-state index contributed by atoms with van der Waals surface area (Å²) >= 11 is 0. The number of hydrogen-bond donors (Lipinski definition) is 0. The van der Waals surface area contributed by atoms with E-state index in [-0.39, 0.29) is 24.5 Å². The number of ketones is 1. The Morgan fingerprint density at radius 3 is 2.36 bits per heavy atom. The smallest absolute Gasteiger partial charge is 0.377 e. The Bertz CT molecular complexity index is 759. The second-order valence-corrected chi connectivity index (χ2v) is 5.08. The van der Waals surface area contributed by atoms with Gasteiger partial charge in [0, 0.05) is 6.07 Å². The van der Waals surface area contributed by atoms with Gasteiger partial charge in [-0.15, -0.1) is 0 Å². The van der Waals surface area contributed by atoms with Crippen LogP contribution in [0.2, 0.25) is 0 Å². The van der Waals surface area contributed by atoms with Crippen molar-refractivity contribution < 1.29 is 24.0 Å². The molecule has 0 saturated heterocycles. The van der Waals surface area contributed by atoms with E-state index in [9.17, 15) is 19.7 Å². The van der Waals surface area contributed by atoms with Crippen molar-refractivity contribution in [2.24, 2.45) is 0 Å². The summed E-state index contributed by atoms with van der Waals surface area (Å²) in [7, 11) is 0. The van der Waals surface area contributed by atoms with Gasteiger partial charge in [0.25, 0.3) is 11.5 Å². The normalized spacial score (nSPS) is 11.6. The van der Waals surface area contributed by atoms with Gasteiger partial charge in [-0.1, -0.05) is 42.5 Å². The molecule has 130 valence electrons. The second-order valence-electron chi connectivity index (χ2n) is 5.08. The van der Waals surface area contributed by atoms with Crippen LogP contribution in [0.15, 0.2) is 54.6 Å². The Balaban J connectivity index is 2.33. The van der Waals surface area contributed by atoms with Crippen LogP contribution >= 0.6 is 0 Å². The Hall–Kier alpha value is -3.06. The lowest BCUT2D eigenvalue weighted by Gasteiger charge is -2.16. The third-order valence-corrected chi connectivity index (χ3v) is 3.39. The van der Waals surface area contributed by atoms with Gasteiger partial charge in [-0.3, -0.25) is 14.9 Å². The van der Waals surface area contributed by atoms with Crippen molar-refractivity contribution in [1.82, 2.24) is 0 Å². The Morgan fingerprint density at radius 2 is 1.72 bits per heavy atom. The first-order valence-electron chi connectivity index (χ1n) is 7.64. The molecule has 0 aliphatic rings. The van der Waals surface area contributed by atoms with E-state index in [1.165, 1.54) is 18.2 Å². The molecule has 0 bridgehead atoms. The zero-order chi connectivity index (χ0) is 18.2. The highest BCUT2D eigenvalue weighted by Crippen LogP contribution is 2.29. The lowest BCUT2D eigenvalue weighted by atomic mass is 10.0. The van der Waals surface area contributed by atoms with Gasteiger partial charge in [0.1, 0.15) is 0 Å². The SMILES string of the molecule is CCOC(=O)C(=O)C(OCc1ccccc1)c1ccccc1[N+](=O)[O-]. The van der Waals surface area contributed by atoms with Crippen LogP contribution in [0.3, 0.4) is 0 Å². The Morgan fingerprint density at radius 1 is 1.08 bits per heavy atom. The molecule has 0 spiro atoms. The highest BCUT2D eigenvalue weighted by molar-refractivity contribution is 6.35. The predicted octanol–water partition coefficient (Wildman–Crippen LogP) is 2.98. The summed E-state index contributed by atoms with van der Waals surface area (Å²) in [5.74, 6) is -2.06. The molecule has 0 fully saturated rings. The number of nitro benzene ring substituents is 1. The van der Waals surface area contributed by atoms with Gasteiger partial charge in [0.2, 0.25) is 0 Å². The first-order chi connectivity index (χ1) is 12.0. The molecule has 2 aromatic rings. The number of esters is 1. The van der Waals surface area contributed by atoms with E-state index in [2.05, 4.69) is 0 Å². The largest absolute Gasteiger partial charge is 0.460 e. The molecule has 0 aromatic heterocycles. The van der Waals surface area contributed by atoms with Crippen LogP contribution in [0.1, 0.15) is 24.2 Å². The minimum atomic E-state index is -1.42. The molecule has 0 radical (unpaired) electrons. The van der Waals surface area contributed by atoms with E-state index in [0.717, 1.165) is 5.56 Å². The van der Waals surface area contributed by atoms with Crippen LogP contribution in [0.5, 0.6) is 0 Å². The summed E-state index contributed by atoms with van der Waals surface area (Å²) < 4.78 is 10.3. The summed E-state index contributed by atoms with van der Waals surface area (Å²) in [6, 6.07) is 14.7. The fourth-order valence-corrected chi connectivity index (χ4v) is 2.25. The van der Waals surface area contributed by atoms with E-state index in [1.807, 2.05) is 6.07 Å². The molecule has 1 unspecified atom stereocenters. The number of para-hydroxylation sites is 1. The fraction of sp³-hybridized carbons (Fsp3) is 0.222. The first kappa shape index (κ1) is 18.3. The minimum absolute atomic E-state index is 0.0153. The lowest BCUT2D eigenvalue weighted by molar-refractivity contribution is -0.386. The highest BCUT2D eigenvalue weighted by Gasteiger charge is 2.33. The van der Waals surface area contributed by atoms with Gasteiger partial charge in [0.15, 0.2) is 6.10 Å². The van der Waals surface area contributed by atoms with Crippen molar-refractivity contribution in [2.75, 3.05) is 6.61 Å². The van der Waals surface area contributed by atoms with Crippen LogP contribution in [0.4, 0.5) is 5.69 Å². The van der Waals surface area contributed by atoms with Crippen molar-refractivity contribution in [3.8, 4) is 0 Å². The minimum Gasteiger partial charge on any atom is -0.460 e. The average molecular weight is 343 g/mol. The molecule has 0 N–H and O–H groups in total. The summed E-state index contributed by atoms with van der Waals surface area (Å²) in [6.45, 7) is 1.60. The number of rotatable bonds is 8. The van der Waals surface area contributed by atoms with Crippen LogP contribution in [-0.4, -0.2) is 23.3 Å². The molecular formula is C18H17NO6. The molecule has 0 amide bonds. The topological polar surface area (TPSA) is 95.7 Å². The zero-order valence-electron chi connectivity index (χ0n) is 13.6. The molecule has 2 rings (SSSR count). The molecule has 25 heavy (non-hydrogen) atoms. The number of Topliss-reactive ketones (excluding diaryl/α,β-unsaturated/α-hetero) is 1. The van der Waals surface area contributed by atoms with Gasteiger partial charge in [0.05, 0.1) is 23.7 Å². The third kappa shape index (κ3) is 4.71. The fourth-order valence-electron chi connectivity index (χ4n) is 2.25. The zero-order valence-corrected chi connectivity index (χ0v) is 13.6. The van der Waals surface area contributed by atoms with Crippen LogP contribution in [-0.2, 0) is 25.7 Å². The number of carbonyl (C=O) groups is 2. The van der Waals surface area contributed by atoms with Crippen LogP contribution in [0.25, 0.3) is 0 Å². The number of benzene rings is 2. The molecule has 0 aliphatic heterocycles. The van der Waals surface area contributed by atoms with E-state index < -0.39 is 22.8 Å². The summed E-state index contributed by atoms with van der Waals surface area (Å²) in [4.78, 5) is 34.9. The van der Waals surface area contributed by atoms with E-state index in [0.29, 0.717) is 0 Å². The molecular weight excluding hydrogens is 326 g/mol. The summed E-state index contributed by atoms with van der Waals surface area (Å²) in [6.07, 6.45) is -1.42. The van der Waals surface area contributed by atoms with Crippen molar-refractivity contribution >= 4 is 17.4 Å². The molecule has 7 heteroatoms. The van der Waals surface area contributed by atoms with Crippen molar-refractivity contribution in [2.45, 2.75) is 19.6 Å². The number of carbonyl (C=O) groups excluding carboxylic acids is 2. The molecule has 0 aliphatic carbocycles. The number of nitro groups is 1. The Kier molecular flexibility index (Phi) is 6.36. The quantitative estimate of drug-likeness (QED) is 0.316. The van der Waals surface area contributed by atoms with Gasteiger partial charge in [-0.05, 0) is 18.6 Å². The van der Waals surface area contributed by atoms with Gasteiger partial charge < -0.3 is 9.47 Å². The summed E-state index contributed by atoms with van der Waals surface area (Å²) in [5.41, 5.74) is 0.488. The lowest BCUT2D eigenvalue weighted by Crippen LogP contribution is -2.27. The van der Waals surface area contributed by atoms with Crippen molar-refractivity contribution in [3.63, 3.8) is 0 Å². The maximum atomic E-state index is 12.4. The maximum Gasteiger partial charge on any atom is 0.377 e. The number of ether oxygens (including phenoxy) is 2. The number of nitrogens with zero attached hydrogens (tertiary/aromatic N) is 1. The highest BCUT2D eigenvalue weighted by atomic mass is 16.6. The molecule has 0 saturated carbocycles. The number of hydrogen-bond acceptors (Lipinski definition) is 6. The standard InChI is InChI=1S/C18H17NO6/c1-2-24-18(21)16(20)17(25-12-13-8-4-3-5-9-13)14-10-6-7-11-15(14)19(22)23/h3-11,17H,2,12H2,1H3. The summed E-state index contributed by atoms with van der Waals surface area (Å²) in [5, 5.41) is 11.2. The third-order valence-electron chi connectivity index (χ3n) is 3.39. The van der Waals surface area contributed by atoms with E-state index >= 15 is 0 Å². The van der Waals surface area contributed by atoms with Gasteiger partial charge in [-0.25, -0.2) is 4.79 Å². The van der Waals surface area contributed by atoms with Crippen LogP contribution < -0.4 is 0 Å². The predicted molar refractivity (Wildman–Crippen MR) is 88.7 cm³/mol. The second kappa shape index (κ2) is 8.70. The van der Waals surface area contributed by atoms with E-state index in [1.54, 1.807) is 37.3 Å². The molecule has 2 aromatic carbocycles. The Labute approximate surface area is 144 Å². The molecule has 7 nitrogen and oxygen atoms in total. The van der Waals surface area contributed by atoms with Crippen LogP contribution in [0, 0.1) is 10.1 Å². The van der Waals surface area contributed by atoms with Gasteiger partial charge in [-0.2, -0.15) is 0 Å². The first-order valence-corrected chi connectivity index (χ1v) is 7.64. The monoisotopic (exact) mass is 343 g/mol. The maximum absolute atomic E-state index is 12.4. The molecule has 1 atom stereocenters. The van der Waals surface area contributed by atoms with Gasteiger partial charge >= 0.3 is 5.97 Å². The van der Waals surface area contributed by atoms with Crippen molar-refractivity contribution in [1.29, 1.82) is 0 Å². The van der Waals surface area contributed by atoms with E-state index in [4.69, 9.17) is 9.47 Å². The average Bonchev–Trinajstić information content (AvgIpc) is 2.63.